The summed E-state index contributed by atoms with van der Waals surface area (Å²) in [7, 11) is 0. The molecule has 15 heavy (non-hydrogen) atoms. The molecule has 0 spiro atoms. The number of benzene rings is 1. The van der Waals surface area contributed by atoms with Gasteiger partial charge in [-0.05, 0) is 31.1 Å². The Bertz CT molecular complexity index is 288. The lowest BCUT2D eigenvalue weighted by molar-refractivity contribution is 0.646. The van der Waals surface area contributed by atoms with Crippen LogP contribution in [0.3, 0.4) is 0 Å². The topological polar surface area (TPSA) is 12.0 Å². The van der Waals surface area contributed by atoms with Crippen molar-refractivity contribution in [1.82, 2.24) is 5.32 Å². The minimum absolute atomic E-state index is 0.857. The average Bonchev–Trinajstić information content (AvgIpc) is 2.74. The highest BCUT2D eigenvalue weighted by Crippen LogP contribution is 2.25. The molecule has 82 valence electrons. The van der Waals surface area contributed by atoms with Gasteiger partial charge in [-0.1, -0.05) is 29.8 Å². The lowest BCUT2D eigenvalue weighted by Crippen LogP contribution is -2.22. The monoisotopic (exact) mass is 221 g/mol. The third-order valence-corrected chi connectivity index (χ3v) is 4.24. The summed E-state index contributed by atoms with van der Waals surface area (Å²) < 4.78 is 0. The molecular weight excluding hydrogens is 202 g/mol. The average molecular weight is 221 g/mol. The Morgan fingerprint density at radius 3 is 2.80 bits per heavy atom. The van der Waals surface area contributed by atoms with Crippen LogP contribution in [0.4, 0.5) is 0 Å². The summed E-state index contributed by atoms with van der Waals surface area (Å²) in [5.74, 6) is 1.36. The summed E-state index contributed by atoms with van der Waals surface area (Å²) in [6.45, 7) is 4.31. The predicted octanol–water partition coefficient (Wildman–Crippen LogP) is 2.98. The van der Waals surface area contributed by atoms with Crippen LogP contribution < -0.4 is 5.32 Å². The number of hydrogen-bond acceptors (Lipinski definition) is 2. The van der Waals surface area contributed by atoms with Gasteiger partial charge in [0.15, 0.2) is 0 Å². The number of aryl methyl sites for hydroxylation is 1. The quantitative estimate of drug-likeness (QED) is 0.839. The predicted molar refractivity (Wildman–Crippen MR) is 68.4 cm³/mol. The largest absolute Gasteiger partial charge is 0.312 e. The van der Waals surface area contributed by atoms with E-state index in [-0.39, 0.29) is 0 Å². The summed E-state index contributed by atoms with van der Waals surface area (Å²) in [4.78, 5) is 0. The molecule has 0 saturated carbocycles. The molecule has 2 rings (SSSR count). The molecule has 1 aliphatic rings. The Labute approximate surface area is 96.7 Å². The van der Waals surface area contributed by atoms with Gasteiger partial charge in [0.1, 0.15) is 0 Å². The highest BCUT2D eigenvalue weighted by molar-refractivity contribution is 8.00. The van der Waals surface area contributed by atoms with Crippen LogP contribution in [0, 0.1) is 6.92 Å². The number of thioether (sulfide) groups is 1. The van der Waals surface area contributed by atoms with Gasteiger partial charge in [-0.15, -0.1) is 0 Å². The summed E-state index contributed by atoms with van der Waals surface area (Å²) in [5, 5.41) is 4.40. The van der Waals surface area contributed by atoms with Crippen molar-refractivity contribution in [3.05, 3.63) is 35.4 Å². The van der Waals surface area contributed by atoms with Crippen molar-refractivity contribution in [2.24, 2.45) is 0 Å². The third-order valence-electron chi connectivity index (χ3n) is 2.85. The molecular formula is C13H19NS. The van der Waals surface area contributed by atoms with E-state index in [2.05, 4.69) is 48.3 Å². The first-order chi connectivity index (χ1) is 7.34. The van der Waals surface area contributed by atoms with Crippen molar-refractivity contribution in [3.8, 4) is 0 Å². The van der Waals surface area contributed by atoms with Crippen LogP contribution in [0.5, 0.6) is 0 Å². The van der Waals surface area contributed by atoms with Crippen molar-refractivity contribution >= 4 is 11.8 Å². The number of hydrogen-bond donors (Lipinski definition) is 1. The van der Waals surface area contributed by atoms with E-state index in [0.29, 0.717) is 0 Å². The molecule has 0 radical (unpaired) electrons. The van der Waals surface area contributed by atoms with E-state index in [9.17, 15) is 0 Å². The van der Waals surface area contributed by atoms with Crippen LogP contribution in [-0.4, -0.2) is 17.5 Å². The highest BCUT2D eigenvalue weighted by Gasteiger charge is 2.14. The van der Waals surface area contributed by atoms with Crippen molar-refractivity contribution in [1.29, 1.82) is 0 Å². The van der Waals surface area contributed by atoms with Crippen LogP contribution in [-0.2, 0) is 6.54 Å². The van der Waals surface area contributed by atoms with Gasteiger partial charge in [-0.3, -0.25) is 0 Å². The molecule has 1 aromatic carbocycles. The minimum Gasteiger partial charge on any atom is -0.312 e. The fourth-order valence-electron chi connectivity index (χ4n) is 1.89. The zero-order valence-electron chi connectivity index (χ0n) is 9.33. The van der Waals surface area contributed by atoms with Crippen LogP contribution in [0.25, 0.3) is 0 Å². The molecule has 1 unspecified atom stereocenters. The maximum Gasteiger partial charge on any atom is 0.0205 e. The van der Waals surface area contributed by atoms with E-state index in [1.807, 2.05) is 0 Å². The van der Waals surface area contributed by atoms with Gasteiger partial charge in [0.05, 0.1) is 0 Å². The van der Waals surface area contributed by atoms with Crippen LogP contribution in [0.15, 0.2) is 24.3 Å². The SMILES string of the molecule is Cc1ccc(CNCC2CCCS2)cc1. The Morgan fingerprint density at radius 1 is 1.33 bits per heavy atom. The summed E-state index contributed by atoms with van der Waals surface area (Å²) in [6, 6.07) is 8.79. The van der Waals surface area contributed by atoms with Gasteiger partial charge in [-0.25, -0.2) is 0 Å². The van der Waals surface area contributed by atoms with Gasteiger partial charge >= 0.3 is 0 Å². The molecule has 1 saturated heterocycles. The maximum atomic E-state index is 3.54. The fourth-order valence-corrected chi connectivity index (χ4v) is 3.12. The molecule has 1 heterocycles. The zero-order valence-corrected chi connectivity index (χ0v) is 10.1. The van der Waals surface area contributed by atoms with Crippen molar-refractivity contribution in [3.63, 3.8) is 0 Å². The minimum atomic E-state index is 0.857. The summed E-state index contributed by atoms with van der Waals surface area (Å²) in [5.41, 5.74) is 2.73. The van der Waals surface area contributed by atoms with Crippen LogP contribution in [0.2, 0.25) is 0 Å². The van der Waals surface area contributed by atoms with Gasteiger partial charge in [0.25, 0.3) is 0 Å². The summed E-state index contributed by atoms with van der Waals surface area (Å²) in [6.07, 6.45) is 2.80. The number of rotatable bonds is 4. The second-order valence-corrected chi connectivity index (χ2v) is 5.66. The van der Waals surface area contributed by atoms with Gasteiger partial charge in [0.2, 0.25) is 0 Å². The normalized spacial score (nSPS) is 20.7. The van der Waals surface area contributed by atoms with Crippen molar-refractivity contribution in [2.45, 2.75) is 31.6 Å². The van der Waals surface area contributed by atoms with Gasteiger partial charge in [-0.2, -0.15) is 11.8 Å². The van der Waals surface area contributed by atoms with E-state index < -0.39 is 0 Å². The Kier molecular flexibility index (Phi) is 4.09. The van der Waals surface area contributed by atoms with Gasteiger partial charge < -0.3 is 5.32 Å². The van der Waals surface area contributed by atoms with E-state index in [4.69, 9.17) is 0 Å². The van der Waals surface area contributed by atoms with E-state index in [1.54, 1.807) is 0 Å². The van der Waals surface area contributed by atoms with E-state index in [1.165, 1.54) is 36.3 Å². The maximum absolute atomic E-state index is 3.54. The molecule has 1 atom stereocenters. The zero-order chi connectivity index (χ0) is 10.5. The summed E-state index contributed by atoms with van der Waals surface area (Å²) >= 11 is 2.12. The molecule has 1 aliphatic heterocycles. The first-order valence-electron chi connectivity index (χ1n) is 5.72. The highest BCUT2D eigenvalue weighted by atomic mass is 32.2. The van der Waals surface area contributed by atoms with E-state index in [0.717, 1.165) is 11.8 Å². The van der Waals surface area contributed by atoms with Crippen LogP contribution in [0.1, 0.15) is 24.0 Å². The standard InChI is InChI=1S/C13H19NS/c1-11-4-6-12(7-5-11)9-14-10-13-3-2-8-15-13/h4-7,13-14H,2-3,8-10H2,1H3. The smallest absolute Gasteiger partial charge is 0.0205 e. The lowest BCUT2D eigenvalue weighted by Gasteiger charge is -2.10. The molecule has 1 nitrogen and oxygen atoms in total. The Morgan fingerprint density at radius 2 is 2.13 bits per heavy atom. The molecule has 0 bridgehead atoms. The fraction of sp³-hybridized carbons (Fsp3) is 0.538. The second kappa shape index (κ2) is 5.57. The van der Waals surface area contributed by atoms with E-state index >= 15 is 0 Å². The second-order valence-electron chi connectivity index (χ2n) is 4.25. The van der Waals surface area contributed by atoms with Crippen molar-refractivity contribution < 1.29 is 0 Å². The molecule has 2 heteroatoms. The molecule has 0 aliphatic carbocycles. The van der Waals surface area contributed by atoms with Crippen molar-refractivity contribution in [2.75, 3.05) is 12.3 Å². The van der Waals surface area contributed by atoms with Gasteiger partial charge in [0, 0.05) is 18.3 Å². The van der Waals surface area contributed by atoms with Crippen LogP contribution >= 0.6 is 11.8 Å². The number of nitrogens with one attached hydrogen (secondary N) is 1. The molecule has 1 N–H and O–H groups in total. The first kappa shape index (κ1) is 11.0. The first-order valence-corrected chi connectivity index (χ1v) is 6.77. The third kappa shape index (κ3) is 3.54. The Hall–Kier alpha value is -0.470. The molecule has 0 amide bonds. The molecule has 1 aromatic rings. The molecule has 0 aromatic heterocycles. The lowest BCUT2D eigenvalue weighted by atomic mass is 10.1. The molecule has 1 fully saturated rings. The Balaban J connectivity index is 1.71.